The number of amides is 1. The van der Waals surface area contributed by atoms with E-state index in [0.717, 1.165) is 18.5 Å². The van der Waals surface area contributed by atoms with Crippen LogP contribution in [0.25, 0.3) is 0 Å². The highest BCUT2D eigenvalue weighted by Gasteiger charge is 2.45. The Labute approximate surface area is 133 Å². The van der Waals surface area contributed by atoms with E-state index in [-0.39, 0.29) is 12.1 Å². The molecule has 2 fully saturated rings. The number of nitrogens with zero attached hydrogens (tertiary/aromatic N) is 1. The molecule has 1 aliphatic carbocycles. The van der Waals surface area contributed by atoms with Gasteiger partial charge in [-0.15, -0.1) is 6.58 Å². The van der Waals surface area contributed by atoms with Crippen molar-refractivity contribution in [2.24, 2.45) is 5.41 Å². The lowest BCUT2D eigenvalue weighted by Gasteiger charge is -2.32. The Morgan fingerprint density at radius 3 is 2.68 bits per heavy atom. The summed E-state index contributed by atoms with van der Waals surface area (Å²) in [6.45, 7) is 5.09. The first-order chi connectivity index (χ1) is 10.7. The molecule has 22 heavy (non-hydrogen) atoms. The third-order valence-electron chi connectivity index (χ3n) is 5.17. The molecule has 1 unspecified atom stereocenters. The molecule has 0 aromatic heterocycles. The molecule has 118 valence electrons. The number of hydrogen-bond donors (Lipinski definition) is 0. The van der Waals surface area contributed by atoms with Gasteiger partial charge in [0.2, 0.25) is 0 Å². The summed E-state index contributed by atoms with van der Waals surface area (Å²) >= 11 is 0. The minimum atomic E-state index is -0.198. The highest BCUT2D eigenvalue weighted by molar-refractivity contribution is 5.69. The molecule has 1 aliphatic heterocycles. The van der Waals surface area contributed by atoms with Crippen LogP contribution in [-0.2, 0) is 11.3 Å². The first kappa shape index (κ1) is 15.1. The third kappa shape index (κ3) is 3.18. The van der Waals surface area contributed by atoms with E-state index in [1.54, 1.807) is 0 Å². The predicted molar refractivity (Wildman–Crippen MR) is 87.5 cm³/mol. The summed E-state index contributed by atoms with van der Waals surface area (Å²) in [5.74, 6) is 0. The maximum absolute atomic E-state index is 12.5. The van der Waals surface area contributed by atoms with Crippen LogP contribution >= 0.6 is 0 Å². The average molecular weight is 299 g/mol. The molecule has 1 saturated carbocycles. The zero-order chi connectivity index (χ0) is 15.4. The molecule has 1 heterocycles. The highest BCUT2D eigenvalue weighted by atomic mass is 16.6. The van der Waals surface area contributed by atoms with Gasteiger partial charge in [0, 0.05) is 6.54 Å². The molecule has 1 aromatic carbocycles. The van der Waals surface area contributed by atoms with Crippen LogP contribution in [0, 0.1) is 5.41 Å². The lowest BCUT2D eigenvalue weighted by molar-refractivity contribution is 0.0910. The number of likely N-dealkylation sites (tertiary alicyclic amines) is 1. The van der Waals surface area contributed by atoms with Crippen LogP contribution in [0.4, 0.5) is 4.79 Å². The minimum Gasteiger partial charge on any atom is -0.445 e. The second-order valence-electron chi connectivity index (χ2n) is 6.74. The van der Waals surface area contributed by atoms with Crippen LogP contribution in [0.2, 0.25) is 0 Å². The van der Waals surface area contributed by atoms with Crippen LogP contribution in [0.1, 0.15) is 44.1 Å². The summed E-state index contributed by atoms with van der Waals surface area (Å²) in [5, 5.41) is 0. The van der Waals surface area contributed by atoms with Crippen molar-refractivity contribution in [2.75, 3.05) is 6.54 Å². The van der Waals surface area contributed by atoms with Crippen molar-refractivity contribution in [3.05, 3.63) is 48.6 Å². The SMILES string of the molecule is C=CC1CC2(CCCCC2)CN1C(=O)OCc1ccccc1. The Morgan fingerprint density at radius 2 is 2.00 bits per heavy atom. The van der Waals surface area contributed by atoms with Crippen molar-refractivity contribution in [3.8, 4) is 0 Å². The second kappa shape index (κ2) is 6.55. The van der Waals surface area contributed by atoms with Gasteiger partial charge in [0.25, 0.3) is 0 Å². The Balaban J connectivity index is 1.62. The van der Waals surface area contributed by atoms with E-state index < -0.39 is 0 Å². The summed E-state index contributed by atoms with van der Waals surface area (Å²) in [4.78, 5) is 14.4. The lowest BCUT2D eigenvalue weighted by Crippen LogP contribution is -2.36. The van der Waals surface area contributed by atoms with Crippen LogP contribution in [-0.4, -0.2) is 23.6 Å². The van der Waals surface area contributed by atoms with Crippen molar-refractivity contribution >= 4 is 6.09 Å². The number of rotatable bonds is 3. The molecule has 1 saturated heterocycles. The maximum atomic E-state index is 12.5. The smallest absolute Gasteiger partial charge is 0.410 e. The quantitative estimate of drug-likeness (QED) is 0.767. The molecule has 2 aliphatic rings. The number of ether oxygens (including phenoxy) is 1. The van der Waals surface area contributed by atoms with E-state index in [9.17, 15) is 4.79 Å². The van der Waals surface area contributed by atoms with Crippen molar-refractivity contribution in [1.82, 2.24) is 4.90 Å². The Bertz CT molecular complexity index is 519. The van der Waals surface area contributed by atoms with E-state index in [1.165, 1.54) is 32.1 Å². The molecule has 1 aromatic rings. The fraction of sp³-hybridized carbons (Fsp3) is 0.526. The lowest BCUT2D eigenvalue weighted by atomic mass is 9.73. The molecule has 0 bridgehead atoms. The molecular weight excluding hydrogens is 274 g/mol. The normalized spacial score (nSPS) is 23.5. The number of hydrogen-bond acceptors (Lipinski definition) is 2. The predicted octanol–water partition coefficient (Wildman–Crippen LogP) is 4.53. The van der Waals surface area contributed by atoms with Gasteiger partial charge in [-0.1, -0.05) is 55.7 Å². The van der Waals surface area contributed by atoms with Gasteiger partial charge in [-0.25, -0.2) is 4.79 Å². The first-order valence-corrected chi connectivity index (χ1v) is 8.32. The van der Waals surface area contributed by atoms with E-state index in [0.29, 0.717) is 12.0 Å². The molecule has 3 heteroatoms. The van der Waals surface area contributed by atoms with E-state index in [1.807, 2.05) is 41.3 Å². The van der Waals surface area contributed by atoms with Crippen LogP contribution < -0.4 is 0 Å². The average Bonchev–Trinajstić information content (AvgIpc) is 2.92. The van der Waals surface area contributed by atoms with Gasteiger partial charge in [0.05, 0.1) is 6.04 Å². The largest absolute Gasteiger partial charge is 0.445 e. The molecule has 1 spiro atoms. The topological polar surface area (TPSA) is 29.5 Å². The van der Waals surface area contributed by atoms with Gasteiger partial charge in [-0.2, -0.15) is 0 Å². The Kier molecular flexibility index (Phi) is 4.51. The molecule has 1 atom stereocenters. The van der Waals surface area contributed by atoms with Crippen molar-refractivity contribution in [3.63, 3.8) is 0 Å². The summed E-state index contributed by atoms with van der Waals surface area (Å²) in [6.07, 6.45) is 9.15. The number of benzene rings is 1. The molecule has 3 rings (SSSR count). The van der Waals surface area contributed by atoms with Crippen molar-refractivity contribution in [2.45, 2.75) is 51.2 Å². The standard InChI is InChI=1S/C19H25NO2/c1-2-17-13-19(11-7-4-8-12-19)15-20(17)18(21)22-14-16-9-5-3-6-10-16/h2-3,5-6,9-10,17H,1,4,7-8,11-15H2. The molecule has 0 N–H and O–H groups in total. The number of carbonyl (C=O) groups is 1. The van der Waals surface area contributed by atoms with E-state index in [4.69, 9.17) is 4.74 Å². The summed E-state index contributed by atoms with van der Waals surface area (Å²) in [6, 6.07) is 9.97. The maximum Gasteiger partial charge on any atom is 0.410 e. The van der Waals surface area contributed by atoms with Crippen LogP contribution in [0.15, 0.2) is 43.0 Å². The summed E-state index contributed by atoms with van der Waals surface area (Å²) in [5.41, 5.74) is 1.33. The number of carbonyl (C=O) groups excluding carboxylic acids is 1. The van der Waals surface area contributed by atoms with Crippen molar-refractivity contribution in [1.29, 1.82) is 0 Å². The molecule has 1 amide bonds. The van der Waals surface area contributed by atoms with Gasteiger partial charge >= 0.3 is 6.09 Å². The van der Waals surface area contributed by atoms with E-state index in [2.05, 4.69) is 6.58 Å². The molecule has 3 nitrogen and oxygen atoms in total. The summed E-state index contributed by atoms with van der Waals surface area (Å²) < 4.78 is 5.52. The Morgan fingerprint density at radius 1 is 1.27 bits per heavy atom. The van der Waals surface area contributed by atoms with Gasteiger partial charge < -0.3 is 9.64 Å². The fourth-order valence-electron chi connectivity index (χ4n) is 3.97. The second-order valence-corrected chi connectivity index (χ2v) is 6.74. The van der Waals surface area contributed by atoms with Gasteiger partial charge in [0.15, 0.2) is 0 Å². The zero-order valence-corrected chi connectivity index (χ0v) is 13.2. The zero-order valence-electron chi connectivity index (χ0n) is 13.2. The van der Waals surface area contributed by atoms with Gasteiger partial charge in [0.1, 0.15) is 6.61 Å². The first-order valence-electron chi connectivity index (χ1n) is 8.32. The monoisotopic (exact) mass is 299 g/mol. The molecule has 0 radical (unpaired) electrons. The highest BCUT2D eigenvalue weighted by Crippen LogP contribution is 2.46. The summed E-state index contributed by atoms with van der Waals surface area (Å²) in [7, 11) is 0. The van der Waals surface area contributed by atoms with E-state index >= 15 is 0 Å². The third-order valence-corrected chi connectivity index (χ3v) is 5.17. The van der Waals surface area contributed by atoms with Crippen LogP contribution in [0.5, 0.6) is 0 Å². The van der Waals surface area contributed by atoms with Gasteiger partial charge in [-0.3, -0.25) is 0 Å². The van der Waals surface area contributed by atoms with Gasteiger partial charge in [-0.05, 0) is 30.2 Å². The van der Waals surface area contributed by atoms with Crippen LogP contribution in [0.3, 0.4) is 0 Å². The van der Waals surface area contributed by atoms with Crippen molar-refractivity contribution < 1.29 is 9.53 Å². The minimum absolute atomic E-state index is 0.126. The molecular formula is C19H25NO2. The fourth-order valence-corrected chi connectivity index (χ4v) is 3.97. The Hall–Kier alpha value is -1.77.